The van der Waals surface area contributed by atoms with Gasteiger partial charge >= 0.3 is 0 Å². The number of ether oxygens (including phenoxy) is 1. The summed E-state index contributed by atoms with van der Waals surface area (Å²) in [6.07, 6.45) is 4.64. The summed E-state index contributed by atoms with van der Waals surface area (Å²) < 4.78 is 5.11. The standard InChI is InChI=1S/C9H13NO2/c11-9(10-4-2-5-10)8-3-1-6-12-7-8/h7H,1-6H2. The minimum atomic E-state index is 0.181. The van der Waals surface area contributed by atoms with E-state index in [1.54, 1.807) is 6.26 Å². The molecule has 3 heteroatoms. The average Bonchev–Trinajstić information content (AvgIpc) is 2.03. The summed E-state index contributed by atoms with van der Waals surface area (Å²) in [5.41, 5.74) is 0.848. The molecule has 1 amide bonds. The van der Waals surface area contributed by atoms with E-state index in [1.807, 2.05) is 4.90 Å². The Labute approximate surface area is 72.0 Å². The van der Waals surface area contributed by atoms with E-state index in [4.69, 9.17) is 4.74 Å². The van der Waals surface area contributed by atoms with Gasteiger partial charge in [-0.25, -0.2) is 0 Å². The van der Waals surface area contributed by atoms with Gasteiger partial charge in [-0.3, -0.25) is 4.79 Å². The fourth-order valence-corrected chi connectivity index (χ4v) is 1.44. The molecule has 0 bridgehead atoms. The maximum absolute atomic E-state index is 11.6. The van der Waals surface area contributed by atoms with Crippen LogP contribution in [0.25, 0.3) is 0 Å². The second-order valence-electron chi connectivity index (χ2n) is 3.26. The van der Waals surface area contributed by atoms with Crippen molar-refractivity contribution in [2.24, 2.45) is 0 Å². The fraction of sp³-hybridized carbons (Fsp3) is 0.667. The van der Waals surface area contributed by atoms with Crippen molar-refractivity contribution in [2.45, 2.75) is 19.3 Å². The Morgan fingerprint density at radius 2 is 2.25 bits per heavy atom. The molecule has 0 aromatic carbocycles. The predicted octanol–water partition coefficient (Wildman–Crippen LogP) is 0.913. The molecule has 0 N–H and O–H groups in total. The number of hydrogen-bond donors (Lipinski definition) is 0. The highest BCUT2D eigenvalue weighted by atomic mass is 16.5. The lowest BCUT2D eigenvalue weighted by Gasteiger charge is -2.32. The Balaban J connectivity index is 1.97. The van der Waals surface area contributed by atoms with Crippen LogP contribution in [0, 0.1) is 0 Å². The van der Waals surface area contributed by atoms with Crippen LogP contribution in [-0.2, 0) is 9.53 Å². The van der Waals surface area contributed by atoms with Crippen molar-refractivity contribution in [1.29, 1.82) is 0 Å². The van der Waals surface area contributed by atoms with Crippen molar-refractivity contribution in [3.8, 4) is 0 Å². The van der Waals surface area contributed by atoms with Gasteiger partial charge in [-0.15, -0.1) is 0 Å². The monoisotopic (exact) mass is 167 g/mol. The highest BCUT2D eigenvalue weighted by molar-refractivity contribution is 5.93. The lowest BCUT2D eigenvalue weighted by atomic mass is 10.1. The van der Waals surface area contributed by atoms with Gasteiger partial charge in [-0.05, 0) is 19.3 Å². The SMILES string of the molecule is O=C(C1=COCCC1)N1CCC1. The van der Waals surface area contributed by atoms with Gasteiger partial charge in [0.1, 0.15) is 0 Å². The third-order valence-corrected chi connectivity index (χ3v) is 2.35. The maximum Gasteiger partial charge on any atom is 0.252 e. The number of likely N-dealkylation sites (tertiary alicyclic amines) is 1. The highest BCUT2D eigenvalue weighted by Gasteiger charge is 2.24. The van der Waals surface area contributed by atoms with Crippen molar-refractivity contribution in [1.82, 2.24) is 4.90 Å². The molecule has 0 radical (unpaired) electrons. The zero-order valence-corrected chi connectivity index (χ0v) is 7.08. The molecule has 0 aromatic heterocycles. The largest absolute Gasteiger partial charge is 0.501 e. The zero-order valence-electron chi connectivity index (χ0n) is 7.08. The average molecular weight is 167 g/mol. The number of carbonyl (C=O) groups is 1. The second-order valence-corrected chi connectivity index (χ2v) is 3.26. The van der Waals surface area contributed by atoms with Crippen LogP contribution in [0.2, 0.25) is 0 Å². The van der Waals surface area contributed by atoms with E-state index >= 15 is 0 Å². The van der Waals surface area contributed by atoms with Crippen LogP contribution in [0.5, 0.6) is 0 Å². The molecule has 2 rings (SSSR count). The van der Waals surface area contributed by atoms with Gasteiger partial charge < -0.3 is 9.64 Å². The molecule has 0 aliphatic carbocycles. The van der Waals surface area contributed by atoms with Crippen LogP contribution >= 0.6 is 0 Å². The van der Waals surface area contributed by atoms with Crippen LogP contribution < -0.4 is 0 Å². The minimum absolute atomic E-state index is 0.181. The molecule has 1 fully saturated rings. The van der Waals surface area contributed by atoms with Crippen molar-refractivity contribution < 1.29 is 9.53 Å². The van der Waals surface area contributed by atoms with Gasteiger partial charge in [0, 0.05) is 13.1 Å². The maximum atomic E-state index is 11.6. The van der Waals surface area contributed by atoms with Crippen molar-refractivity contribution in [3.63, 3.8) is 0 Å². The lowest BCUT2D eigenvalue weighted by Crippen LogP contribution is -2.43. The molecule has 2 aliphatic rings. The molecule has 2 aliphatic heterocycles. The summed E-state index contributed by atoms with van der Waals surface area (Å²) in [6, 6.07) is 0. The van der Waals surface area contributed by atoms with Gasteiger partial charge in [0.2, 0.25) is 0 Å². The third-order valence-electron chi connectivity index (χ3n) is 2.35. The lowest BCUT2D eigenvalue weighted by molar-refractivity contribution is -0.130. The van der Waals surface area contributed by atoms with Gasteiger partial charge in [-0.2, -0.15) is 0 Å². The predicted molar refractivity (Wildman–Crippen MR) is 44.5 cm³/mol. The van der Waals surface area contributed by atoms with Gasteiger partial charge in [0.25, 0.3) is 5.91 Å². The first-order chi connectivity index (χ1) is 5.88. The summed E-state index contributed by atoms with van der Waals surface area (Å²) in [5, 5.41) is 0. The Morgan fingerprint density at radius 1 is 1.42 bits per heavy atom. The molecule has 12 heavy (non-hydrogen) atoms. The summed E-state index contributed by atoms with van der Waals surface area (Å²) in [7, 11) is 0. The van der Waals surface area contributed by atoms with Gasteiger partial charge in [0.05, 0.1) is 18.4 Å². The van der Waals surface area contributed by atoms with Crippen molar-refractivity contribution >= 4 is 5.91 Å². The van der Waals surface area contributed by atoms with E-state index in [9.17, 15) is 4.79 Å². The highest BCUT2D eigenvalue weighted by Crippen LogP contribution is 2.17. The van der Waals surface area contributed by atoms with Crippen LogP contribution in [0.15, 0.2) is 11.8 Å². The quantitative estimate of drug-likeness (QED) is 0.581. The molecule has 0 unspecified atom stereocenters. The summed E-state index contributed by atoms with van der Waals surface area (Å²) in [6.45, 7) is 2.61. The van der Waals surface area contributed by atoms with Crippen LogP contribution in [0.4, 0.5) is 0 Å². The normalized spacial score (nSPS) is 22.3. The smallest absolute Gasteiger partial charge is 0.252 e. The Kier molecular flexibility index (Phi) is 2.02. The van der Waals surface area contributed by atoms with E-state index < -0.39 is 0 Å². The molecular weight excluding hydrogens is 154 g/mol. The first kappa shape index (κ1) is 7.65. The van der Waals surface area contributed by atoms with Gasteiger partial charge in [-0.1, -0.05) is 0 Å². The number of amides is 1. The first-order valence-corrected chi connectivity index (χ1v) is 4.48. The first-order valence-electron chi connectivity index (χ1n) is 4.48. The minimum Gasteiger partial charge on any atom is -0.501 e. The molecule has 3 nitrogen and oxygen atoms in total. The van der Waals surface area contributed by atoms with E-state index in [-0.39, 0.29) is 5.91 Å². The van der Waals surface area contributed by atoms with E-state index in [2.05, 4.69) is 0 Å². The van der Waals surface area contributed by atoms with Gasteiger partial charge in [0.15, 0.2) is 0 Å². The van der Waals surface area contributed by atoms with Crippen molar-refractivity contribution in [2.75, 3.05) is 19.7 Å². The second kappa shape index (κ2) is 3.17. The molecule has 0 saturated carbocycles. The van der Waals surface area contributed by atoms with E-state index in [1.165, 1.54) is 0 Å². The Morgan fingerprint density at radius 3 is 2.75 bits per heavy atom. The van der Waals surface area contributed by atoms with E-state index in [0.717, 1.165) is 44.5 Å². The summed E-state index contributed by atoms with van der Waals surface area (Å²) >= 11 is 0. The summed E-state index contributed by atoms with van der Waals surface area (Å²) in [4.78, 5) is 13.4. The molecule has 2 heterocycles. The topological polar surface area (TPSA) is 29.5 Å². The van der Waals surface area contributed by atoms with Crippen molar-refractivity contribution in [3.05, 3.63) is 11.8 Å². The number of nitrogens with zero attached hydrogens (tertiary/aromatic N) is 1. The number of rotatable bonds is 1. The Hall–Kier alpha value is -0.990. The zero-order chi connectivity index (χ0) is 8.39. The van der Waals surface area contributed by atoms with E-state index in [0.29, 0.717) is 0 Å². The molecule has 0 aromatic rings. The van der Waals surface area contributed by atoms with Crippen LogP contribution in [0.3, 0.4) is 0 Å². The van der Waals surface area contributed by atoms with Crippen LogP contribution in [-0.4, -0.2) is 30.5 Å². The summed E-state index contributed by atoms with van der Waals surface area (Å²) in [5.74, 6) is 0.181. The number of hydrogen-bond acceptors (Lipinski definition) is 2. The fourth-order valence-electron chi connectivity index (χ4n) is 1.44. The van der Waals surface area contributed by atoms with Crippen LogP contribution in [0.1, 0.15) is 19.3 Å². The molecule has 66 valence electrons. The number of carbonyl (C=O) groups excluding carboxylic acids is 1. The molecule has 1 saturated heterocycles. The molecule has 0 spiro atoms. The Bertz CT molecular complexity index is 219. The third kappa shape index (κ3) is 1.31. The molecule has 0 atom stereocenters. The molecular formula is C9H13NO2.